The van der Waals surface area contributed by atoms with Gasteiger partial charge in [-0.3, -0.25) is 4.79 Å². The Hall–Kier alpha value is -0.680. The first kappa shape index (κ1) is 16.4. The van der Waals surface area contributed by atoms with E-state index in [1.54, 1.807) is 0 Å². The molecule has 0 aliphatic carbocycles. The summed E-state index contributed by atoms with van der Waals surface area (Å²) < 4.78 is 5.63. The predicted molar refractivity (Wildman–Crippen MR) is 81.0 cm³/mol. The molecule has 5 heteroatoms. The Morgan fingerprint density at radius 3 is 2.74 bits per heavy atom. The number of rotatable bonds is 7. The molecule has 1 amide bonds. The largest absolute Gasteiger partial charge is 0.393 e. The molecule has 1 fully saturated rings. The second-order valence-corrected chi connectivity index (χ2v) is 6.17. The molecule has 1 rings (SSSR count). The molecule has 1 unspecified atom stereocenters. The number of carbonyl (C=O) groups is 1. The van der Waals surface area contributed by atoms with Crippen molar-refractivity contribution >= 4 is 23.1 Å². The minimum Gasteiger partial charge on any atom is -0.393 e. The Morgan fingerprint density at radius 1 is 1.47 bits per heavy atom. The zero-order chi connectivity index (χ0) is 14.3. The molecule has 0 saturated carbocycles. The van der Waals surface area contributed by atoms with Crippen LogP contribution in [-0.2, 0) is 9.53 Å². The molecule has 0 bridgehead atoms. The average molecular weight is 286 g/mol. The molecule has 19 heavy (non-hydrogen) atoms. The molecule has 0 aromatic rings. The van der Waals surface area contributed by atoms with Crippen LogP contribution in [0.1, 0.15) is 46.0 Å². The molecule has 1 saturated heterocycles. The molecule has 1 atom stereocenters. The van der Waals surface area contributed by atoms with E-state index in [1.807, 2.05) is 4.90 Å². The lowest BCUT2D eigenvalue weighted by atomic mass is 10.1. The summed E-state index contributed by atoms with van der Waals surface area (Å²) in [6.07, 6.45) is 4.46. The fourth-order valence-corrected chi connectivity index (χ4v) is 2.39. The fourth-order valence-electron chi connectivity index (χ4n) is 2.30. The monoisotopic (exact) mass is 286 g/mol. The summed E-state index contributed by atoms with van der Waals surface area (Å²) in [6.45, 7) is 6.39. The summed E-state index contributed by atoms with van der Waals surface area (Å²) in [5.41, 5.74) is 5.52. The van der Waals surface area contributed by atoms with Crippen LogP contribution in [0, 0.1) is 5.92 Å². The zero-order valence-electron chi connectivity index (χ0n) is 12.1. The highest BCUT2D eigenvalue weighted by Crippen LogP contribution is 2.17. The molecular formula is C14H26N2O2S. The molecule has 1 aliphatic rings. The van der Waals surface area contributed by atoms with E-state index in [0.717, 1.165) is 32.4 Å². The normalized spacial score (nSPS) is 19.4. The van der Waals surface area contributed by atoms with Crippen LogP contribution in [0.2, 0.25) is 0 Å². The standard InChI is InChI=1S/C14H26N2O2S/c1-11(2)10-16(7-6-13(15)19)14(17)9-12-5-3-4-8-18-12/h11-12H,3-10H2,1-2H3,(H2,15,19). The molecule has 2 N–H and O–H groups in total. The number of ether oxygens (including phenoxy) is 1. The first-order chi connectivity index (χ1) is 8.99. The summed E-state index contributed by atoms with van der Waals surface area (Å²) in [7, 11) is 0. The molecule has 0 aromatic carbocycles. The highest BCUT2D eigenvalue weighted by molar-refractivity contribution is 7.80. The van der Waals surface area contributed by atoms with Gasteiger partial charge in [-0.2, -0.15) is 0 Å². The minimum atomic E-state index is 0.0979. The smallest absolute Gasteiger partial charge is 0.225 e. The highest BCUT2D eigenvalue weighted by Gasteiger charge is 2.22. The SMILES string of the molecule is CC(C)CN(CCC(N)=S)C(=O)CC1CCCCO1. The van der Waals surface area contributed by atoms with Gasteiger partial charge in [-0.05, 0) is 25.2 Å². The molecule has 110 valence electrons. The number of hydrogen-bond donors (Lipinski definition) is 1. The van der Waals surface area contributed by atoms with Crippen molar-refractivity contribution in [3.8, 4) is 0 Å². The number of thiocarbonyl (C=S) groups is 1. The van der Waals surface area contributed by atoms with Crippen molar-refractivity contribution in [2.24, 2.45) is 11.7 Å². The highest BCUT2D eigenvalue weighted by atomic mass is 32.1. The van der Waals surface area contributed by atoms with Gasteiger partial charge in [-0.1, -0.05) is 26.1 Å². The molecule has 0 spiro atoms. The Balaban J connectivity index is 2.46. The van der Waals surface area contributed by atoms with Crippen molar-refractivity contribution in [3.05, 3.63) is 0 Å². The van der Waals surface area contributed by atoms with Crippen molar-refractivity contribution < 1.29 is 9.53 Å². The van der Waals surface area contributed by atoms with E-state index in [4.69, 9.17) is 22.7 Å². The maximum atomic E-state index is 12.3. The molecule has 4 nitrogen and oxygen atoms in total. The van der Waals surface area contributed by atoms with Crippen LogP contribution in [0.25, 0.3) is 0 Å². The van der Waals surface area contributed by atoms with E-state index in [-0.39, 0.29) is 12.0 Å². The maximum absolute atomic E-state index is 12.3. The van der Waals surface area contributed by atoms with E-state index in [9.17, 15) is 4.79 Å². The second kappa shape index (κ2) is 8.48. The van der Waals surface area contributed by atoms with Crippen molar-refractivity contribution in [1.29, 1.82) is 0 Å². The van der Waals surface area contributed by atoms with Crippen LogP contribution >= 0.6 is 12.2 Å². The van der Waals surface area contributed by atoms with Gasteiger partial charge >= 0.3 is 0 Å². The Labute approximate surface area is 121 Å². The fraction of sp³-hybridized carbons (Fsp3) is 0.857. The first-order valence-corrected chi connectivity index (χ1v) is 7.57. The Morgan fingerprint density at radius 2 is 2.21 bits per heavy atom. The molecule has 1 aliphatic heterocycles. The third-order valence-corrected chi connectivity index (χ3v) is 3.45. The molecule has 0 radical (unpaired) electrons. The summed E-state index contributed by atoms with van der Waals surface area (Å²) >= 11 is 4.89. The third-order valence-electron chi connectivity index (χ3n) is 3.24. The van der Waals surface area contributed by atoms with Gasteiger partial charge in [-0.15, -0.1) is 0 Å². The quantitative estimate of drug-likeness (QED) is 0.728. The summed E-state index contributed by atoms with van der Waals surface area (Å²) in [5, 5.41) is 0. The summed E-state index contributed by atoms with van der Waals surface area (Å²) in [6, 6.07) is 0. The molecule has 0 aromatic heterocycles. The molecule has 1 heterocycles. The van der Waals surface area contributed by atoms with Gasteiger partial charge in [0.1, 0.15) is 0 Å². The Kier molecular flexibility index (Phi) is 7.31. The lowest BCUT2D eigenvalue weighted by molar-refractivity contribution is -0.135. The van der Waals surface area contributed by atoms with Crippen molar-refractivity contribution in [2.45, 2.75) is 52.1 Å². The first-order valence-electron chi connectivity index (χ1n) is 7.16. The summed E-state index contributed by atoms with van der Waals surface area (Å²) in [4.78, 5) is 14.7. The predicted octanol–water partition coefficient (Wildman–Crippen LogP) is 2.11. The van der Waals surface area contributed by atoms with Crippen LogP contribution in [0.15, 0.2) is 0 Å². The van der Waals surface area contributed by atoms with Gasteiger partial charge < -0.3 is 15.4 Å². The van der Waals surface area contributed by atoms with E-state index < -0.39 is 0 Å². The lowest BCUT2D eigenvalue weighted by Crippen LogP contribution is -2.39. The van der Waals surface area contributed by atoms with Crippen molar-refractivity contribution in [1.82, 2.24) is 4.90 Å². The van der Waals surface area contributed by atoms with Gasteiger partial charge in [0.15, 0.2) is 0 Å². The van der Waals surface area contributed by atoms with Gasteiger partial charge in [0.05, 0.1) is 17.5 Å². The van der Waals surface area contributed by atoms with Crippen molar-refractivity contribution in [3.63, 3.8) is 0 Å². The van der Waals surface area contributed by atoms with Gasteiger partial charge in [0.2, 0.25) is 5.91 Å². The third kappa shape index (κ3) is 6.87. The van der Waals surface area contributed by atoms with Crippen LogP contribution in [0.5, 0.6) is 0 Å². The van der Waals surface area contributed by atoms with Crippen LogP contribution in [0.3, 0.4) is 0 Å². The van der Waals surface area contributed by atoms with E-state index in [2.05, 4.69) is 13.8 Å². The van der Waals surface area contributed by atoms with Crippen molar-refractivity contribution in [2.75, 3.05) is 19.7 Å². The van der Waals surface area contributed by atoms with E-state index in [0.29, 0.717) is 30.3 Å². The van der Waals surface area contributed by atoms with E-state index >= 15 is 0 Å². The van der Waals surface area contributed by atoms with Crippen LogP contribution in [0.4, 0.5) is 0 Å². The van der Waals surface area contributed by atoms with Gasteiger partial charge in [0, 0.05) is 26.1 Å². The Bertz CT molecular complexity index is 302. The van der Waals surface area contributed by atoms with E-state index in [1.165, 1.54) is 0 Å². The van der Waals surface area contributed by atoms with Crippen LogP contribution in [-0.4, -0.2) is 41.6 Å². The van der Waals surface area contributed by atoms with Gasteiger partial charge in [-0.25, -0.2) is 0 Å². The number of nitrogens with two attached hydrogens (primary N) is 1. The average Bonchev–Trinajstić information content (AvgIpc) is 2.35. The maximum Gasteiger partial charge on any atom is 0.225 e. The zero-order valence-corrected chi connectivity index (χ0v) is 12.9. The van der Waals surface area contributed by atoms with Crippen LogP contribution < -0.4 is 5.73 Å². The number of carbonyl (C=O) groups excluding carboxylic acids is 1. The number of nitrogens with zero attached hydrogens (tertiary/aromatic N) is 1. The number of amides is 1. The topological polar surface area (TPSA) is 55.6 Å². The second-order valence-electron chi connectivity index (χ2n) is 5.64. The summed E-state index contributed by atoms with van der Waals surface area (Å²) in [5.74, 6) is 0.611. The lowest BCUT2D eigenvalue weighted by Gasteiger charge is -2.28. The minimum absolute atomic E-state index is 0.0979. The van der Waals surface area contributed by atoms with Gasteiger partial charge in [0.25, 0.3) is 0 Å². The number of hydrogen-bond acceptors (Lipinski definition) is 3. The molecular weight excluding hydrogens is 260 g/mol.